The van der Waals surface area contributed by atoms with Crippen LogP contribution in [-0.4, -0.2) is 52.5 Å². The van der Waals surface area contributed by atoms with Crippen LogP contribution in [0, 0.1) is 13.8 Å². The monoisotopic (exact) mass is 446 g/mol. The maximum atomic E-state index is 12.7. The van der Waals surface area contributed by atoms with E-state index in [4.69, 9.17) is 0 Å². The van der Waals surface area contributed by atoms with Gasteiger partial charge in [-0.1, -0.05) is 12.1 Å². The van der Waals surface area contributed by atoms with Crippen LogP contribution in [0.15, 0.2) is 24.3 Å². The summed E-state index contributed by atoms with van der Waals surface area (Å²) < 4.78 is 26.6. The molecule has 1 amide bonds. The fourth-order valence-electron chi connectivity index (χ4n) is 4.01. The van der Waals surface area contributed by atoms with Gasteiger partial charge in [-0.05, 0) is 32.4 Å². The molecule has 0 aliphatic carbocycles. The molecule has 2 aromatic heterocycles. The van der Waals surface area contributed by atoms with E-state index in [1.54, 1.807) is 23.3 Å². The van der Waals surface area contributed by atoms with Gasteiger partial charge in [-0.15, -0.1) is 11.3 Å². The van der Waals surface area contributed by atoms with Crippen molar-refractivity contribution >= 4 is 37.3 Å². The van der Waals surface area contributed by atoms with Crippen LogP contribution in [0.4, 0.5) is 0 Å². The lowest BCUT2D eigenvalue weighted by Gasteiger charge is -2.18. The number of amides is 1. The van der Waals surface area contributed by atoms with E-state index in [0.717, 1.165) is 32.2 Å². The van der Waals surface area contributed by atoms with E-state index < -0.39 is 9.84 Å². The lowest BCUT2D eigenvalue weighted by Crippen LogP contribution is -2.27. The van der Waals surface area contributed by atoms with E-state index in [1.807, 2.05) is 42.8 Å². The Kier molecular flexibility index (Phi) is 5.67. The van der Waals surface area contributed by atoms with Crippen molar-refractivity contribution in [2.45, 2.75) is 45.7 Å². The fraction of sp³-hybridized carbons (Fsp3) is 0.476. The molecule has 3 heterocycles. The number of para-hydroxylation sites is 1. The smallest absolute Gasteiger partial charge is 0.223 e. The van der Waals surface area contributed by atoms with Crippen molar-refractivity contribution in [2.24, 2.45) is 0 Å². The zero-order chi connectivity index (χ0) is 21.5. The summed E-state index contributed by atoms with van der Waals surface area (Å²) in [6, 6.07) is 7.89. The van der Waals surface area contributed by atoms with Crippen molar-refractivity contribution in [3.8, 4) is 0 Å². The van der Waals surface area contributed by atoms with Crippen molar-refractivity contribution in [2.75, 3.05) is 18.6 Å². The Morgan fingerprint density at radius 3 is 2.77 bits per heavy atom. The number of hydrogen-bond acceptors (Lipinski definition) is 6. The standard InChI is InChI=1S/C21H26N4O3S2/c1-14-17(15(2)25(23-14)16-10-11-30(27,28)13-16)12-24(3)21(26)9-8-20-22-18-6-4-5-7-19(18)29-20/h4-7,16H,8-13H2,1-3H3/t16-/m1/s1. The summed E-state index contributed by atoms with van der Waals surface area (Å²) >= 11 is 1.63. The highest BCUT2D eigenvalue weighted by Crippen LogP contribution is 2.27. The van der Waals surface area contributed by atoms with Gasteiger partial charge < -0.3 is 4.90 Å². The van der Waals surface area contributed by atoms with Crippen LogP contribution in [0.3, 0.4) is 0 Å². The Morgan fingerprint density at radius 2 is 2.07 bits per heavy atom. The van der Waals surface area contributed by atoms with Crippen LogP contribution in [0.25, 0.3) is 10.2 Å². The summed E-state index contributed by atoms with van der Waals surface area (Å²) in [7, 11) is -1.17. The Hall–Kier alpha value is -2.26. The van der Waals surface area contributed by atoms with E-state index in [9.17, 15) is 13.2 Å². The van der Waals surface area contributed by atoms with Crippen LogP contribution in [-0.2, 0) is 27.6 Å². The highest BCUT2D eigenvalue weighted by molar-refractivity contribution is 7.91. The fourth-order valence-corrected chi connectivity index (χ4v) is 6.67. The van der Waals surface area contributed by atoms with Crippen molar-refractivity contribution in [3.05, 3.63) is 46.2 Å². The highest BCUT2D eigenvalue weighted by atomic mass is 32.2. The molecule has 1 atom stereocenters. The molecule has 1 aliphatic heterocycles. The van der Waals surface area contributed by atoms with Gasteiger partial charge in [0.25, 0.3) is 0 Å². The summed E-state index contributed by atoms with van der Waals surface area (Å²) in [5.74, 6) is 0.421. The van der Waals surface area contributed by atoms with Gasteiger partial charge in [0.1, 0.15) is 0 Å². The van der Waals surface area contributed by atoms with Gasteiger partial charge >= 0.3 is 0 Å². The Morgan fingerprint density at radius 1 is 1.30 bits per heavy atom. The Bertz CT molecular complexity index is 1160. The molecule has 1 aliphatic rings. The summed E-state index contributed by atoms with van der Waals surface area (Å²) in [6.45, 7) is 4.34. The number of benzene rings is 1. The molecular formula is C21H26N4O3S2. The topological polar surface area (TPSA) is 85.2 Å². The molecule has 30 heavy (non-hydrogen) atoms. The largest absolute Gasteiger partial charge is 0.341 e. The molecule has 0 unspecified atom stereocenters. The molecule has 1 saturated heterocycles. The van der Waals surface area contributed by atoms with Gasteiger partial charge in [0.2, 0.25) is 5.91 Å². The molecule has 7 nitrogen and oxygen atoms in total. The number of sulfone groups is 1. The Labute approximate surface area is 180 Å². The van der Waals surface area contributed by atoms with E-state index in [2.05, 4.69) is 10.1 Å². The second-order valence-electron chi connectivity index (χ2n) is 7.98. The van der Waals surface area contributed by atoms with Gasteiger partial charge in [0, 0.05) is 37.7 Å². The molecule has 3 aromatic rings. The van der Waals surface area contributed by atoms with Crippen molar-refractivity contribution in [3.63, 3.8) is 0 Å². The SMILES string of the molecule is Cc1nn([C@@H]2CCS(=O)(=O)C2)c(C)c1CN(C)C(=O)CCc1nc2ccccc2s1. The summed E-state index contributed by atoms with van der Waals surface area (Å²) in [6.07, 6.45) is 1.63. The van der Waals surface area contributed by atoms with Crippen LogP contribution >= 0.6 is 11.3 Å². The lowest BCUT2D eigenvalue weighted by molar-refractivity contribution is -0.130. The van der Waals surface area contributed by atoms with Gasteiger partial charge in [-0.3, -0.25) is 9.48 Å². The third kappa shape index (κ3) is 4.27. The van der Waals surface area contributed by atoms with E-state index in [1.165, 1.54) is 0 Å². The molecule has 1 fully saturated rings. The van der Waals surface area contributed by atoms with E-state index in [-0.39, 0.29) is 23.5 Å². The minimum Gasteiger partial charge on any atom is -0.341 e. The minimum atomic E-state index is -2.97. The van der Waals surface area contributed by atoms with Gasteiger partial charge in [0.05, 0.1) is 38.5 Å². The maximum Gasteiger partial charge on any atom is 0.223 e. The minimum absolute atomic E-state index is 0.0595. The van der Waals surface area contributed by atoms with Gasteiger partial charge in [-0.25, -0.2) is 13.4 Å². The van der Waals surface area contributed by atoms with Crippen molar-refractivity contribution in [1.29, 1.82) is 0 Å². The van der Waals surface area contributed by atoms with E-state index >= 15 is 0 Å². The van der Waals surface area contributed by atoms with Gasteiger partial charge in [0.15, 0.2) is 9.84 Å². The molecule has 9 heteroatoms. The quantitative estimate of drug-likeness (QED) is 0.581. The second-order valence-corrected chi connectivity index (χ2v) is 11.3. The first-order valence-corrected chi connectivity index (χ1v) is 12.7. The molecule has 0 spiro atoms. The van der Waals surface area contributed by atoms with Crippen LogP contribution in [0.2, 0.25) is 0 Å². The average molecular weight is 447 g/mol. The highest BCUT2D eigenvalue weighted by Gasteiger charge is 2.31. The van der Waals surface area contributed by atoms with Gasteiger partial charge in [-0.2, -0.15) is 5.10 Å². The number of nitrogens with zero attached hydrogens (tertiary/aromatic N) is 4. The third-order valence-corrected chi connectivity index (χ3v) is 8.59. The average Bonchev–Trinajstić information content (AvgIpc) is 3.36. The van der Waals surface area contributed by atoms with Crippen LogP contribution in [0.1, 0.15) is 40.8 Å². The zero-order valence-electron chi connectivity index (χ0n) is 17.5. The van der Waals surface area contributed by atoms with Crippen LogP contribution < -0.4 is 0 Å². The summed E-state index contributed by atoms with van der Waals surface area (Å²) in [5, 5.41) is 5.57. The summed E-state index contributed by atoms with van der Waals surface area (Å²) in [5.41, 5.74) is 3.77. The van der Waals surface area contributed by atoms with Crippen molar-refractivity contribution < 1.29 is 13.2 Å². The maximum absolute atomic E-state index is 12.7. The normalized spacial score (nSPS) is 18.2. The number of aromatic nitrogens is 3. The number of fused-ring (bicyclic) bond motifs is 1. The number of thiazole rings is 1. The number of carbonyl (C=O) groups excluding carboxylic acids is 1. The van der Waals surface area contributed by atoms with Crippen LogP contribution in [0.5, 0.6) is 0 Å². The molecule has 0 bridgehead atoms. The van der Waals surface area contributed by atoms with E-state index in [0.29, 0.717) is 25.8 Å². The zero-order valence-corrected chi connectivity index (χ0v) is 19.1. The van der Waals surface area contributed by atoms with Crippen molar-refractivity contribution in [1.82, 2.24) is 19.7 Å². The molecule has 4 rings (SSSR count). The predicted octanol–water partition coefficient (Wildman–Crippen LogP) is 3.06. The molecular weight excluding hydrogens is 420 g/mol. The molecule has 0 N–H and O–H groups in total. The first-order chi connectivity index (χ1) is 14.2. The molecule has 1 aromatic carbocycles. The number of hydrogen-bond donors (Lipinski definition) is 0. The summed E-state index contributed by atoms with van der Waals surface area (Å²) in [4.78, 5) is 19.0. The molecule has 160 valence electrons. The predicted molar refractivity (Wildman–Crippen MR) is 118 cm³/mol. The number of aryl methyl sites for hydroxylation is 2. The lowest BCUT2D eigenvalue weighted by atomic mass is 10.1. The first kappa shape index (κ1) is 21.0. The first-order valence-electron chi connectivity index (χ1n) is 10.1. The molecule has 0 saturated carbocycles. The molecule has 0 radical (unpaired) electrons. The number of carbonyl (C=O) groups is 1. The number of rotatable bonds is 6. The Balaban J connectivity index is 1.40. The second kappa shape index (κ2) is 8.11. The third-order valence-electron chi connectivity index (χ3n) is 5.74.